The number of Topliss-reactive ketones (excluding diaryl/α,β-unsaturated/α-hetero) is 2. The van der Waals surface area contributed by atoms with Crippen LogP contribution in [-0.2, 0) is 16.0 Å². The third kappa shape index (κ3) is 4.01. The number of fused-ring (bicyclic) bond motifs is 3. The molecule has 11 nitrogen and oxygen atoms in total. The Morgan fingerprint density at radius 3 is 2.44 bits per heavy atom. The first-order chi connectivity index (χ1) is 19.2. The number of benzene rings is 2. The van der Waals surface area contributed by atoms with Gasteiger partial charge >= 0.3 is 0 Å². The molecule has 0 aromatic heterocycles. The molecular formula is C29H28FN3O8. The second-order valence-electron chi connectivity index (χ2n) is 10.9. The zero-order valence-electron chi connectivity index (χ0n) is 22.4. The topological polar surface area (TPSA) is 190 Å². The molecule has 0 fully saturated rings. The third-order valence-electron chi connectivity index (χ3n) is 8.20. The van der Waals surface area contributed by atoms with Crippen LogP contribution in [0.3, 0.4) is 0 Å². The van der Waals surface area contributed by atoms with Crippen LogP contribution in [0.2, 0.25) is 0 Å². The van der Waals surface area contributed by atoms with Gasteiger partial charge in [0.1, 0.15) is 22.9 Å². The van der Waals surface area contributed by atoms with Gasteiger partial charge in [-0.05, 0) is 51.9 Å². The van der Waals surface area contributed by atoms with E-state index in [4.69, 9.17) is 5.73 Å². The lowest BCUT2D eigenvalue weighted by Crippen LogP contribution is -2.63. The molecule has 0 heterocycles. The number of carbonyl (C=O) groups is 4. The lowest BCUT2D eigenvalue weighted by Gasteiger charge is -2.50. The van der Waals surface area contributed by atoms with Gasteiger partial charge in [0.2, 0.25) is 5.78 Å². The third-order valence-corrected chi connectivity index (χ3v) is 8.20. The molecule has 2 amide bonds. The Morgan fingerprint density at radius 1 is 1.15 bits per heavy atom. The molecule has 7 N–H and O–H groups in total. The normalized spacial score (nSPS) is 25.6. The second-order valence-corrected chi connectivity index (χ2v) is 10.9. The van der Waals surface area contributed by atoms with Gasteiger partial charge in [-0.2, -0.15) is 0 Å². The van der Waals surface area contributed by atoms with Crippen molar-refractivity contribution in [3.05, 3.63) is 81.1 Å². The van der Waals surface area contributed by atoms with Gasteiger partial charge in [0.15, 0.2) is 17.1 Å². The number of aliphatic hydroxyl groups excluding tert-OH is 2. The minimum absolute atomic E-state index is 0.169. The molecule has 12 heteroatoms. The van der Waals surface area contributed by atoms with Crippen molar-refractivity contribution in [1.29, 1.82) is 0 Å². The summed E-state index contributed by atoms with van der Waals surface area (Å²) in [5, 5.41) is 47.2. The fourth-order valence-electron chi connectivity index (χ4n) is 6.35. The Bertz CT molecular complexity index is 1630. The van der Waals surface area contributed by atoms with Gasteiger partial charge < -0.3 is 31.5 Å². The van der Waals surface area contributed by atoms with Crippen molar-refractivity contribution in [1.82, 2.24) is 4.90 Å². The van der Waals surface area contributed by atoms with Crippen molar-refractivity contribution >= 4 is 29.1 Å². The number of rotatable bonds is 4. The summed E-state index contributed by atoms with van der Waals surface area (Å²) < 4.78 is 15.4. The number of nitrogens with zero attached hydrogens (tertiary/aromatic N) is 1. The molecule has 0 bridgehead atoms. The first-order valence-corrected chi connectivity index (χ1v) is 12.8. The number of anilines is 1. The smallest absolute Gasteiger partial charge is 0.255 e. The van der Waals surface area contributed by atoms with E-state index in [1.54, 1.807) is 25.1 Å². The standard InChI is InChI=1S/C29H28FN3O8/c1-11-5-4-6-12(7-11)28(40)32-17-10-16(30)14-8-13-9-15-21(33(2)3)24(36)20(27(31)39)26(38)29(15,41)25(37)18(13)23(35)19(14)22(17)34/h4-7,10,13,15,21,34,36-37,41H,8-9H2,1-3H3,(H2,31,39)(H,32,40)/t13-,15-,21-,29-/m0/s1. The molecule has 0 spiro atoms. The Balaban J connectivity index is 1.63. The van der Waals surface area contributed by atoms with Gasteiger partial charge in [-0.15, -0.1) is 0 Å². The van der Waals surface area contributed by atoms with Crippen LogP contribution in [0.5, 0.6) is 5.75 Å². The van der Waals surface area contributed by atoms with Crippen LogP contribution >= 0.6 is 0 Å². The average molecular weight is 566 g/mol. The highest BCUT2D eigenvalue weighted by atomic mass is 19.1. The van der Waals surface area contributed by atoms with E-state index >= 15 is 4.39 Å². The highest BCUT2D eigenvalue weighted by Crippen LogP contribution is 2.53. The van der Waals surface area contributed by atoms with E-state index in [0.29, 0.717) is 0 Å². The van der Waals surface area contributed by atoms with Crippen molar-refractivity contribution in [3.8, 4) is 5.75 Å². The van der Waals surface area contributed by atoms with E-state index in [9.17, 15) is 39.6 Å². The molecule has 2 aromatic rings. The molecule has 0 unspecified atom stereocenters. The number of likely N-dealkylation sites (N-methyl/N-ethyl adjacent to an activating group) is 1. The van der Waals surface area contributed by atoms with Crippen molar-refractivity contribution in [3.63, 3.8) is 0 Å². The summed E-state index contributed by atoms with van der Waals surface area (Å²) in [4.78, 5) is 53.4. The second kappa shape index (κ2) is 9.53. The van der Waals surface area contributed by atoms with E-state index in [0.717, 1.165) is 11.6 Å². The summed E-state index contributed by atoms with van der Waals surface area (Å²) in [6.07, 6.45) is -0.377. The zero-order chi connectivity index (χ0) is 30.1. The molecule has 0 aliphatic heterocycles. The van der Waals surface area contributed by atoms with Gasteiger partial charge in [0.05, 0.1) is 17.3 Å². The highest BCUT2D eigenvalue weighted by Gasteiger charge is 2.63. The van der Waals surface area contributed by atoms with Gasteiger partial charge in [0, 0.05) is 28.7 Å². The van der Waals surface area contributed by atoms with Crippen LogP contribution in [0, 0.1) is 24.6 Å². The number of hydrogen-bond acceptors (Lipinski definition) is 9. The van der Waals surface area contributed by atoms with Crippen LogP contribution in [0.1, 0.15) is 38.3 Å². The Labute approximate surface area is 233 Å². The molecule has 4 atom stereocenters. The van der Waals surface area contributed by atoms with Crippen LogP contribution in [0.25, 0.3) is 0 Å². The van der Waals surface area contributed by atoms with Crippen molar-refractivity contribution in [2.24, 2.45) is 17.6 Å². The molecule has 0 saturated heterocycles. The predicted octanol–water partition coefficient (Wildman–Crippen LogP) is 1.82. The molecule has 3 aliphatic carbocycles. The van der Waals surface area contributed by atoms with E-state index in [2.05, 4.69) is 5.32 Å². The molecule has 5 rings (SSSR count). The maximum atomic E-state index is 15.4. The fourth-order valence-corrected chi connectivity index (χ4v) is 6.35. The SMILES string of the molecule is Cc1cccc(C(=O)Nc2cc(F)c3c(c2O)C(=O)C2=C(O)[C@]4(O)C(=O)C(C(N)=O)=C(O)[C@@H](N(C)C)[C@@H]4C[C@@H]2C3)c1. The largest absolute Gasteiger partial charge is 0.510 e. The Hall–Kier alpha value is -4.55. The lowest BCUT2D eigenvalue weighted by molar-refractivity contribution is -0.148. The van der Waals surface area contributed by atoms with Gasteiger partial charge in [-0.3, -0.25) is 24.1 Å². The number of nitrogens with two attached hydrogens (primary N) is 1. The first kappa shape index (κ1) is 28.0. The number of aromatic hydroxyl groups is 1. The maximum absolute atomic E-state index is 15.4. The fraction of sp³-hybridized carbons (Fsp3) is 0.310. The number of aliphatic hydroxyl groups is 3. The number of amides is 2. The quantitative estimate of drug-likeness (QED) is 0.237. The van der Waals surface area contributed by atoms with E-state index < -0.39 is 92.3 Å². The first-order valence-electron chi connectivity index (χ1n) is 12.8. The summed E-state index contributed by atoms with van der Waals surface area (Å²) in [7, 11) is 3.02. The minimum atomic E-state index is -2.81. The molecule has 0 radical (unpaired) electrons. The molecule has 3 aliphatic rings. The summed E-state index contributed by atoms with van der Waals surface area (Å²) in [6.45, 7) is 1.77. The number of phenols is 1. The Kier molecular flexibility index (Phi) is 6.51. The van der Waals surface area contributed by atoms with Gasteiger partial charge in [0.25, 0.3) is 11.8 Å². The summed E-state index contributed by atoms with van der Waals surface area (Å²) in [6, 6.07) is 6.24. The van der Waals surface area contributed by atoms with Crippen molar-refractivity contribution in [2.45, 2.75) is 31.4 Å². The predicted molar refractivity (Wildman–Crippen MR) is 143 cm³/mol. The van der Waals surface area contributed by atoms with Gasteiger partial charge in [-0.25, -0.2) is 4.39 Å². The minimum Gasteiger partial charge on any atom is -0.510 e. The summed E-state index contributed by atoms with van der Waals surface area (Å²) in [5.41, 5.74) is 1.07. The number of phenolic OH excluding ortho intramolecular Hbond substituents is 1. The number of allylic oxidation sites excluding steroid dienone is 1. The van der Waals surface area contributed by atoms with E-state index in [1.165, 1.54) is 25.1 Å². The van der Waals surface area contributed by atoms with Crippen LogP contribution in [0.15, 0.2) is 53.0 Å². The number of nitrogens with one attached hydrogen (secondary N) is 1. The van der Waals surface area contributed by atoms with E-state index in [1.807, 2.05) is 0 Å². The molecule has 41 heavy (non-hydrogen) atoms. The van der Waals surface area contributed by atoms with Crippen LogP contribution < -0.4 is 11.1 Å². The number of carbonyl (C=O) groups excluding carboxylic acids is 4. The van der Waals surface area contributed by atoms with Crippen LogP contribution in [0.4, 0.5) is 10.1 Å². The molecular weight excluding hydrogens is 537 g/mol. The number of aryl methyl sites for hydroxylation is 1. The molecule has 2 aromatic carbocycles. The highest BCUT2D eigenvalue weighted by molar-refractivity contribution is 6.25. The number of primary amides is 1. The number of hydrogen-bond donors (Lipinski definition) is 6. The number of halogens is 1. The van der Waals surface area contributed by atoms with Crippen molar-refractivity contribution < 1.29 is 44.0 Å². The monoisotopic (exact) mass is 565 g/mol. The zero-order valence-corrected chi connectivity index (χ0v) is 22.4. The van der Waals surface area contributed by atoms with Crippen LogP contribution in [-0.4, -0.2) is 74.4 Å². The van der Waals surface area contributed by atoms with Crippen molar-refractivity contribution in [2.75, 3.05) is 19.4 Å². The van der Waals surface area contributed by atoms with Gasteiger partial charge in [-0.1, -0.05) is 17.7 Å². The Morgan fingerprint density at radius 2 is 1.83 bits per heavy atom. The molecule has 0 saturated carbocycles. The lowest BCUT2D eigenvalue weighted by atomic mass is 9.58. The van der Waals surface area contributed by atoms with E-state index in [-0.39, 0.29) is 24.0 Å². The average Bonchev–Trinajstić information content (AvgIpc) is 2.88. The molecule has 214 valence electrons. The summed E-state index contributed by atoms with van der Waals surface area (Å²) in [5.74, 6) is -9.98. The number of ketones is 2. The maximum Gasteiger partial charge on any atom is 0.255 e. The summed E-state index contributed by atoms with van der Waals surface area (Å²) >= 11 is 0.